The SMILES string of the molecule is CN(CC(=O)NCC(O)C1CC1)S(=O)(=O)c1cccs1. The highest BCUT2D eigenvalue weighted by Gasteiger charge is 2.30. The van der Waals surface area contributed by atoms with Crippen LogP contribution in [-0.2, 0) is 14.8 Å². The second-order valence-corrected chi connectivity index (χ2v) is 8.12. The van der Waals surface area contributed by atoms with Gasteiger partial charge in [0.2, 0.25) is 5.91 Å². The first-order valence-corrected chi connectivity index (χ1v) is 8.68. The van der Waals surface area contributed by atoms with E-state index in [9.17, 15) is 18.3 Å². The topological polar surface area (TPSA) is 86.7 Å². The van der Waals surface area contributed by atoms with E-state index in [2.05, 4.69) is 5.32 Å². The number of hydrogen-bond donors (Lipinski definition) is 2. The number of aliphatic hydroxyl groups is 1. The van der Waals surface area contributed by atoms with Crippen molar-refractivity contribution in [3.05, 3.63) is 17.5 Å². The molecule has 0 spiro atoms. The van der Waals surface area contributed by atoms with Crippen molar-refractivity contribution in [3.8, 4) is 0 Å². The summed E-state index contributed by atoms with van der Waals surface area (Å²) in [6.07, 6.45) is 1.45. The van der Waals surface area contributed by atoms with E-state index in [1.165, 1.54) is 13.1 Å². The number of carbonyl (C=O) groups excluding carboxylic acids is 1. The Morgan fingerprint density at radius 1 is 1.60 bits per heavy atom. The number of carbonyl (C=O) groups is 1. The molecular weight excluding hydrogens is 300 g/mol. The summed E-state index contributed by atoms with van der Waals surface area (Å²) in [5, 5.41) is 13.9. The van der Waals surface area contributed by atoms with Crippen molar-refractivity contribution >= 4 is 27.3 Å². The third-order valence-electron chi connectivity index (χ3n) is 3.20. The van der Waals surface area contributed by atoms with Crippen LogP contribution >= 0.6 is 11.3 Å². The maximum atomic E-state index is 12.1. The van der Waals surface area contributed by atoms with Gasteiger partial charge in [-0.3, -0.25) is 4.79 Å². The van der Waals surface area contributed by atoms with Crippen molar-refractivity contribution in [2.24, 2.45) is 5.92 Å². The molecule has 1 atom stereocenters. The quantitative estimate of drug-likeness (QED) is 0.755. The molecule has 0 saturated heterocycles. The maximum absolute atomic E-state index is 12.1. The summed E-state index contributed by atoms with van der Waals surface area (Å²) in [6, 6.07) is 3.16. The lowest BCUT2D eigenvalue weighted by Gasteiger charge is -2.16. The molecule has 1 aliphatic rings. The fourth-order valence-corrected chi connectivity index (χ4v) is 4.10. The summed E-state index contributed by atoms with van der Waals surface area (Å²) in [5.74, 6) is -0.129. The van der Waals surface area contributed by atoms with Crippen LogP contribution in [-0.4, -0.2) is 50.0 Å². The summed E-state index contributed by atoms with van der Waals surface area (Å²) < 4.78 is 25.4. The van der Waals surface area contributed by atoms with Gasteiger partial charge in [-0.05, 0) is 30.2 Å². The Bertz CT molecular complexity index is 552. The van der Waals surface area contributed by atoms with Gasteiger partial charge in [-0.25, -0.2) is 8.42 Å². The van der Waals surface area contributed by atoms with Gasteiger partial charge in [0.25, 0.3) is 10.0 Å². The summed E-state index contributed by atoms with van der Waals surface area (Å²) in [5.41, 5.74) is 0. The number of amides is 1. The van der Waals surface area contributed by atoms with E-state index < -0.39 is 22.0 Å². The molecular formula is C12H18N2O4S2. The minimum atomic E-state index is -3.60. The molecule has 112 valence electrons. The molecule has 1 fully saturated rings. The Balaban J connectivity index is 1.84. The summed E-state index contributed by atoms with van der Waals surface area (Å²) in [6.45, 7) is -0.0754. The van der Waals surface area contributed by atoms with Crippen LogP contribution in [0.15, 0.2) is 21.7 Å². The summed E-state index contributed by atoms with van der Waals surface area (Å²) in [4.78, 5) is 11.7. The molecule has 1 aliphatic carbocycles. The molecule has 0 aliphatic heterocycles. The molecule has 2 N–H and O–H groups in total. The average Bonchev–Trinajstić information content (AvgIpc) is 3.10. The lowest BCUT2D eigenvalue weighted by molar-refractivity contribution is -0.121. The van der Waals surface area contributed by atoms with Crippen LogP contribution in [0, 0.1) is 5.92 Å². The normalized spacial score (nSPS) is 17.1. The Morgan fingerprint density at radius 3 is 2.85 bits per heavy atom. The number of aliphatic hydroxyl groups excluding tert-OH is 1. The molecule has 8 heteroatoms. The van der Waals surface area contributed by atoms with E-state index in [4.69, 9.17) is 0 Å². The van der Waals surface area contributed by atoms with Gasteiger partial charge in [0, 0.05) is 13.6 Å². The van der Waals surface area contributed by atoms with Gasteiger partial charge in [-0.15, -0.1) is 11.3 Å². The second-order valence-electron chi connectivity index (χ2n) is 4.90. The highest BCUT2D eigenvalue weighted by Crippen LogP contribution is 2.32. The minimum Gasteiger partial charge on any atom is -0.391 e. The monoisotopic (exact) mass is 318 g/mol. The van der Waals surface area contributed by atoms with Crippen molar-refractivity contribution in [2.75, 3.05) is 20.1 Å². The number of hydrogen-bond acceptors (Lipinski definition) is 5. The van der Waals surface area contributed by atoms with Crippen LogP contribution in [0.3, 0.4) is 0 Å². The minimum absolute atomic E-state index is 0.177. The number of nitrogens with one attached hydrogen (secondary N) is 1. The molecule has 1 amide bonds. The van der Waals surface area contributed by atoms with Gasteiger partial charge in [-0.2, -0.15) is 4.31 Å². The number of nitrogens with zero attached hydrogens (tertiary/aromatic N) is 1. The van der Waals surface area contributed by atoms with Crippen molar-refractivity contribution < 1.29 is 18.3 Å². The van der Waals surface area contributed by atoms with E-state index in [-0.39, 0.29) is 23.2 Å². The first-order chi connectivity index (χ1) is 9.41. The van der Waals surface area contributed by atoms with Crippen LogP contribution in [0.25, 0.3) is 0 Å². The van der Waals surface area contributed by atoms with Crippen LogP contribution in [0.4, 0.5) is 0 Å². The van der Waals surface area contributed by atoms with Crippen molar-refractivity contribution in [1.82, 2.24) is 9.62 Å². The Labute approximate surface area is 122 Å². The Hall–Kier alpha value is -0.960. The van der Waals surface area contributed by atoms with Crippen LogP contribution < -0.4 is 5.32 Å². The van der Waals surface area contributed by atoms with E-state index in [0.717, 1.165) is 28.5 Å². The van der Waals surface area contributed by atoms with E-state index in [0.29, 0.717) is 0 Å². The van der Waals surface area contributed by atoms with Gasteiger partial charge in [0.1, 0.15) is 4.21 Å². The summed E-state index contributed by atoms with van der Waals surface area (Å²) in [7, 11) is -2.24. The molecule has 1 aromatic heterocycles. The highest BCUT2D eigenvalue weighted by atomic mass is 32.2. The lowest BCUT2D eigenvalue weighted by atomic mass is 10.2. The molecule has 1 unspecified atom stereocenters. The fraction of sp³-hybridized carbons (Fsp3) is 0.583. The predicted molar refractivity (Wildman–Crippen MR) is 75.9 cm³/mol. The van der Waals surface area contributed by atoms with Crippen LogP contribution in [0.5, 0.6) is 0 Å². The zero-order valence-corrected chi connectivity index (χ0v) is 12.8. The highest BCUT2D eigenvalue weighted by molar-refractivity contribution is 7.91. The molecule has 2 rings (SSSR count). The lowest BCUT2D eigenvalue weighted by Crippen LogP contribution is -2.41. The second kappa shape index (κ2) is 6.21. The Morgan fingerprint density at radius 2 is 2.30 bits per heavy atom. The first kappa shape index (κ1) is 15.4. The molecule has 1 saturated carbocycles. The number of rotatable bonds is 7. The van der Waals surface area contributed by atoms with Crippen molar-refractivity contribution in [3.63, 3.8) is 0 Å². The largest absolute Gasteiger partial charge is 0.391 e. The fourth-order valence-electron chi connectivity index (χ4n) is 1.77. The predicted octanol–water partition coefficient (Wildman–Crippen LogP) is 0.256. The number of likely N-dealkylation sites (N-methyl/N-ethyl adjacent to an activating group) is 1. The van der Waals surface area contributed by atoms with Gasteiger partial charge >= 0.3 is 0 Å². The summed E-state index contributed by atoms with van der Waals surface area (Å²) >= 11 is 1.11. The van der Waals surface area contributed by atoms with E-state index in [1.54, 1.807) is 11.4 Å². The third kappa shape index (κ3) is 3.78. The van der Waals surface area contributed by atoms with Gasteiger partial charge in [0.15, 0.2) is 0 Å². The zero-order chi connectivity index (χ0) is 14.8. The molecule has 0 bridgehead atoms. The van der Waals surface area contributed by atoms with Gasteiger partial charge in [0.05, 0.1) is 12.6 Å². The smallest absolute Gasteiger partial charge is 0.252 e. The van der Waals surface area contributed by atoms with E-state index >= 15 is 0 Å². The zero-order valence-electron chi connectivity index (χ0n) is 11.2. The molecule has 0 aromatic carbocycles. The molecule has 6 nitrogen and oxygen atoms in total. The average molecular weight is 318 g/mol. The number of thiophene rings is 1. The molecule has 1 aromatic rings. The molecule has 0 radical (unpaired) electrons. The maximum Gasteiger partial charge on any atom is 0.252 e. The van der Waals surface area contributed by atoms with Crippen LogP contribution in [0.1, 0.15) is 12.8 Å². The molecule has 20 heavy (non-hydrogen) atoms. The standard InChI is InChI=1S/C12H18N2O4S2/c1-14(20(17,18)12-3-2-6-19-12)8-11(16)13-7-10(15)9-4-5-9/h2-3,6,9-10,15H,4-5,7-8H2,1H3,(H,13,16). The first-order valence-electron chi connectivity index (χ1n) is 6.36. The van der Waals surface area contributed by atoms with Gasteiger partial charge in [-0.1, -0.05) is 6.07 Å². The third-order valence-corrected chi connectivity index (χ3v) is 6.38. The van der Waals surface area contributed by atoms with Crippen molar-refractivity contribution in [1.29, 1.82) is 0 Å². The number of sulfonamides is 1. The van der Waals surface area contributed by atoms with Crippen LogP contribution in [0.2, 0.25) is 0 Å². The van der Waals surface area contributed by atoms with E-state index in [1.807, 2.05) is 0 Å². The molecule has 1 heterocycles. The van der Waals surface area contributed by atoms with Gasteiger partial charge < -0.3 is 10.4 Å². The Kier molecular flexibility index (Phi) is 4.79. The van der Waals surface area contributed by atoms with Crippen molar-refractivity contribution in [2.45, 2.75) is 23.2 Å².